The lowest BCUT2D eigenvalue weighted by Gasteiger charge is -2.20. The lowest BCUT2D eigenvalue weighted by molar-refractivity contribution is -0.130. The summed E-state index contributed by atoms with van der Waals surface area (Å²) in [6.07, 6.45) is 3.52. The Morgan fingerprint density at radius 3 is 2.60 bits per heavy atom. The van der Waals surface area contributed by atoms with Gasteiger partial charge in [-0.3, -0.25) is 9.59 Å². The first-order valence-electron chi connectivity index (χ1n) is 8.60. The van der Waals surface area contributed by atoms with Gasteiger partial charge < -0.3 is 11.1 Å². The molecule has 2 amide bonds. The maximum absolute atomic E-state index is 12.8. The van der Waals surface area contributed by atoms with E-state index in [1.807, 2.05) is 42.6 Å². The standard InChI is InChI=1S/C19H25N3O2S/c1-2-3-9-17(18(20)23)22-19(24)15(11-16-12-25-13-21-16)10-14-7-5-4-6-8-14/h4-8,12-13,15,17H,2-3,9-11H2,1H3,(H2,20,23)(H,22,24). The van der Waals surface area contributed by atoms with Gasteiger partial charge in [-0.15, -0.1) is 11.3 Å². The molecule has 0 saturated heterocycles. The summed E-state index contributed by atoms with van der Waals surface area (Å²) in [6, 6.07) is 9.27. The number of nitrogens with one attached hydrogen (secondary N) is 1. The summed E-state index contributed by atoms with van der Waals surface area (Å²) in [7, 11) is 0. The van der Waals surface area contributed by atoms with Gasteiger partial charge in [0.05, 0.1) is 11.2 Å². The van der Waals surface area contributed by atoms with Crippen molar-refractivity contribution in [1.82, 2.24) is 10.3 Å². The number of amides is 2. The van der Waals surface area contributed by atoms with Gasteiger partial charge in [-0.25, -0.2) is 4.98 Å². The Bertz CT molecular complexity index is 659. The molecule has 134 valence electrons. The number of carbonyl (C=O) groups excluding carboxylic acids is 2. The fourth-order valence-electron chi connectivity index (χ4n) is 2.73. The predicted octanol–water partition coefficient (Wildman–Crippen LogP) is 2.70. The topological polar surface area (TPSA) is 85.1 Å². The number of benzene rings is 1. The van der Waals surface area contributed by atoms with Crippen molar-refractivity contribution in [3.05, 3.63) is 52.5 Å². The van der Waals surface area contributed by atoms with Gasteiger partial charge in [0.2, 0.25) is 11.8 Å². The zero-order valence-corrected chi connectivity index (χ0v) is 15.3. The Labute approximate surface area is 152 Å². The number of nitrogens with two attached hydrogens (primary N) is 1. The molecule has 0 aliphatic heterocycles. The van der Waals surface area contributed by atoms with Gasteiger partial charge >= 0.3 is 0 Å². The number of nitrogens with zero attached hydrogens (tertiary/aromatic N) is 1. The van der Waals surface area contributed by atoms with Gasteiger partial charge in [-0.2, -0.15) is 0 Å². The van der Waals surface area contributed by atoms with Crippen LogP contribution in [0.4, 0.5) is 0 Å². The van der Waals surface area contributed by atoms with E-state index in [1.54, 1.807) is 5.51 Å². The summed E-state index contributed by atoms with van der Waals surface area (Å²) in [5.41, 5.74) is 9.19. The van der Waals surface area contributed by atoms with Gasteiger partial charge in [0.15, 0.2) is 0 Å². The van der Waals surface area contributed by atoms with Crippen LogP contribution in [0, 0.1) is 5.92 Å². The highest BCUT2D eigenvalue weighted by Crippen LogP contribution is 2.16. The molecule has 0 spiro atoms. The second-order valence-electron chi connectivity index (χ2n) is 6.18. The van der Waals surface area contributed by atoms with Crippen molar-refractivity contribution in [1.29, 1.82) is 0 Å². The zero-order valence-electron chi connectivity index (χ0n) is 14.5. The molecule has 1 aromatic carbocycles. The minimum atomic E-state index is -0.610. The average molecular weight is 359 g/mol. The molecule has 0 fully saturated rings. The van der Waals surface area contributed by atoms with E-state index in [4.69, 9.17) is 5.73 Å². The molecule has 0 bridgehead atoms. The average Bonchev–Trinajstić information content (AvgIpc) is 3.11. The number of hydrogen-bond acceptors (Lipinski definition) is 4. The van der Waals surface area contributed by atoms with Crippen LogP contribution in [0.5, 0.6) is 0 Å². The zero-order chi connectivity index (χ0) is 18.1. The first-order valence-corrected chi connectivity index (χ1v) is 9.55. The molecule has 2 atom stereocenters. The van der Waals surface area contributed by atoms with Crippen molar-refractivity contribution in [3.8, 4) is 0 Å². The van der Waals surface area contributed by atoms with Crippen molar-refractivity contribution in [2.75, 3.05) is 0 Å². The molecule has 3 N–H and O–H groups in total. The molecule has 0 aliphatic carbocycles. The van der Waals surface area contributed by atoms with Crippen LogP contribution in [0.15, 0.2) is 41.2 Å². The maximum Gasteiger partial charge on any atom is 0.239 e. The van der Waals surface area contributed by atoms with E-state index in [-0.39, 0.29) is 11.8 Å². The van der Waals surface area contributed by atoms with Crippen LogP contribution in [0.1, 0.15) is 37.4 Å². The molecule has 2 rings (SSSR count). The van der Waals surface area contributed by atoms with Gasteiger partial charge in [0.25, 0.3) is 0 Å². The predicted molar refractivity (Wildman–Crippen MR) is 100 cm³/mol. The highest BCUT2D eigenvalue weighted by Gasteiger charge is 2.25. The molecular formula is C19H25N3O2S. The summed E-state index contributed by atoms with van der Waals surface area (Å²) in [5.74, 6) is -0.904. The van der Waals surface area contributed by atoms with Gasteiger partial charge in [-0.05, 0) is 18.4 Å². The summed E-state index contributed by atoms with van der Waals surface area (Å²) < 4.78 is 0. The fourth-order valence-corrected chi connectivity index (χ4v) is 3.30. The minimum absolute atomic E-state index is 0.142. The molecule has 2 aromatic rings. The van der Waals surface area contributed by atoms with Crippen LogP contribution < -0.4 is 11.1 Å². The number of unbranched alkanes of at least 4 members (excludes halogenated alkanes) is 1. The summed E-state index contributed by atoms with van der Waals surface area (Å²) in [6.45, 7) is 2.04. The number of carbonyl (C=O) groups is 2. The molecule has 2 unspecified atom stereocenters. The Kier molecular flexibility index (Phi) is 7.60. The molecule has 0 saturated carbocycles. The Morgan fingerprint density at radius 2 is 2.00 bits per heavy atom. The van der Waals surface area contributed by atoms with Crippen LogP contribution in [-0.4, -0.2) is 22.8 Å². The van der Waals surface area contributed by atoms with E-state index >= 15 is 0 Å². The Morgan fingerprint density at radius 1 is 1.24 bits per heavy atom. The van der Waals surface area contributed by atoms with Crippen LogP contribution in [-0.2, 0) is 22.4 Å². The highest BCUT2D eigenvalue weighted by molar-refractivity contribution is 7.07. The van der Waals surface area contributed by atoms with Crippen molar-refractivity contribution in [2.45, 2.75) is 45.1 Å². The second-order valence-corrected chi connectivity index (χ2v) is 6.90. The molecule has 5 nitrogen and oxygen atoms in total. The first kappa shape index (κ1) is 19.1. The summed E-state index contributed by atoms with van der Waals surface area (Å²) in [5, 5.41) is 4.80. The third-order valence-electron chi connectivity index (χ3n) is 4.14. The van der Waals surface area contributed by atoms with Gasteiger partial charge in [0.1, 0.15) is 6.04 Å². The van der Waals surface area contributed by atoms with Crippen LogP contribution in [0.25, 0.3) is 0 Å². The number of primary amides is 1. The molecule has 0 aliphatic rings. The maximum atomic E-state index is 12.8. The van der Waals surface area contributed by atoms with Crippen molar-refractivity contribution in [2.24, 2.45) is 11.7 Å². The van der Waals surface area contributed by atoms with E-state index < -0.39 is 11.9 Å². The molecule has 1 heterocycles. The number of hydrogen-bond donors (Lipinski definition) is 2. The van der Waals surface area contributed by atoms with E-state index in [0.29, 0.717) is 19.3 Å². The molecule has 1 aromatic heterocycles. The largest absolute Gasteiger partial charge is 0.368 e. The Balaban J connectivity index is 2.09. The van der Waals surface area contributed by atoms with Crippen LogP contribution in [0.3, 0.4) is 0 Å². The Hall–Kier alpha value is -2.21. The second kappa shape index (κ2) is 9.93. The molecule has 25 heavy (non-hydrogen) atoms. The van der Waals surface area contributed by atoms with Crippen LogP contribution in [0.2, 0.25) is 0 Å². The summed E-state index contributed by atoms with van der Waals surface area (Å²) >= 11 is 1.51. The van der Waals surface area contributed by atoms with E-state index in [9.17, 15) is 9.59 Å². The van der Waals surface area contributed by atoms with Crippen molar-refractivity contribution < 1.29 is 9.59 Å². The molecule has 6 heteroatoms. The SMILES string of the molecule is CCCCC(NC(=O)C(Cc1ccccc1)Cc1cscn1)C(N)=O. The van der Waals surface area contributed by atoms with E-state index in [1.165, 1.54) is 11.3 Å². The highest BCUT2D eigenvalue weighted by atomic mass is 32.1. The first-order chi connectivity index (χ1) is 12.1. The lowest BCUT2D eigenvalue weighted by atomic mass is 9.93. The van der Waals surface area contributed by atoms with Crippen molar-refractivity contribution in [3.63, 3.8) is 0 Å². The number of thiazole rings is 1. The quantitative estimate of drug-likeness (QED) is 0.684. The van der Waals surface area contributed by atoms with Gasteiger partial charge in [0, 0.05) is 17.7 Å². The molecular weight excluding hydrogens is 334 g/mol. The van der Waals surface area contributed by atoms with Gasteiger partial charge in [-0.1, -0.05) is 50.1 Å². The van der Waals surface area contributed by atoms with E-state index in [2.05, 4.69) is 10.3 Å². The lowest BCUT2D eigenvalue weighted by Crippen LogP contribution is -2.47. The van der Waals surface area contributed by atoms with Crippen molar-refractivity contribution >= 4 is 23.2 Å². The number of aromatic nitrogens is 1. The van der Waals surface area contributed by atoms with Crippen LogP contribution >= 0.6 is 11.3 Å². The normalized spacial score (nSPS) is 13.2. The third kappa shape index (κ3) is 6.31. The smallest absolute Gasteiger partial charge is 0.239 e. The summed E-state index contributed by atoms with van der Waals surface area (Å²) in [4.78, 5) is 28.7. The fraction of sp³-hybridized carbons (Fsp3) is 0.421. The third-order valence-corrected chi connectivity index (χ3v) is 4.78. The monoisotopic (exact) mass is 359 g/mol. The number of rotatable bonds is 10. The minimum Gasteiger partial charge on any atom is -0.368 e. The van der Waals surface area contributed by atoms with E-state index in [0.717, 1.165) is 24.1 Å². The molecule has 0 radical (unpaired) electrons.